The van der Waals surface area contributed by atoms with Gasteiger partial charge in [-0.25, -0.2) is 4.79 Å². The Kier molecular flexibility index (Phi) is 5.07. The van der Waals surface area contributed by atoms with Crippen LogP contribution in [0.5, 0.6) is 0 Å². The van der Waals surface area contributed by atoms with Crippen LogP contribution in [-0.4, -0.2) is 60.8 Å². The van der Waals surface area contributed by atoms with Crippen LogP contribution < -0.4 is 0 Å². The molecule has 2 heterocycles. The summed E-state index contributed by atoms with van der Waals surface area (Å²) in [5.41, 5.74) is 0. The van der Waals surface area contributed by atoms with Crippen LogP contribution in [-0.2, 0) is 33.3 Å². The fourth-order valence-electron chi connectivity index (χ4n) is 2.25. The van der Waals surface area contributed by atoms with Gasteiger partial charge in [-0.3, -0.25) is 9.59 Å². The first kappa shape index (κ1) is 16.1. The topological polar surface area (TPSA) is 97.4 Å². The van der Waals surface area contributed by atoms with Crippen LogP contribution >= 0.6 is 11.8 Å². The molecule has 2 fully saturated rings. The van der Waals surface area contributed by atoms with E-state index in [-0.39, 0.29) is 6.61 Å². The number of ether oxygens (including phenoxy) is 5. The molecule has 8 nitrogen and oxygen atoms in total. The zero-order valence-electron chi connectivity index (χ0n) is 11.8. The lowest BCUT2D eigenvalue weighted by atomic mass is 10.0. The zero-order chi connectivity index (χ0) is 15.6. The van der Waals surface area contributed by atoms with Crippen LogP contribution in [0, 0.1) is 0 Å². The lowest BCUT2D eigenvalue weighted by Crippen LogP contribution is -2.58. The van der Waals surface area contributed by atoms with Gasteiger partial charge in [0.15, 0.2) is 12.4 Å². The van der Waals surface area contributed by atoms with Crippen molar-refractivity contribution < 1.29 is 38.1 Å². The highest BCUT2D eigenvalue weighted by Gasteiger charge is 2.55. The Morgan fingerprint density at radius 2 is 2.00 bits per heavy atom. The number of methoxy groups -OCH3 is 1. The smallest absolute Gasteiger partial charge is 0.368 e. The van der Waals surface area contributed by atoms with Crippen molar-refractivity contribution >= 4 is 29.0 Å². The molecule has 5 atom stereocenters. The molecule has 2 aliphatic heterocycles. The summed E-state index contributed by atoms with van der Waals surface area (Å²) in [7, 11) is 1.40. The Morgan fingerprint density at radius 3 is 2.57 bits per heavy atom. The van der Waals surface area contributed by atoms with Crippen molar-refractivity contribution in [2.45, 2.75) is 43.7 Å². The van der Waals surface area contributed by atoms with Crippen molar-refractivity contribution in [2.75, 3.05) is 13.7 Å². The van der Waals surface area contributed by atoms with Crippen molar-refractivity contribution in [2.24, 2.45) is 0 Å². The van der Waals surface area contributed by atoms with Crippen molar-refractivity contribution in [1.29, 1.82) is 0 Å². The number of hydrogen-bond acceptors (Lipinski definition) is 9. The number of esters is 2. The molecule has 0 spiro atoms. The maximum atomic E-state index is 11.5. The molecule has 0 aliphatic carbocycles. The number of carbonyl (C=O) groups excluding carboxylic acids is 3. The third-order valence-corrected chi connectivity index (χ3v) is 4.14. The number of thioether (sulfide) groups is 1. The molecule has 21 heavy (non-hydrogen) atoms. The van der Waals surface area contributed by atoms with Gasteiger partial charge in [-0.1, -0.05) is 0 Å². The highest BCUT2D eigenvalue weighted by atomic mass is 32.2. The summed E-state index contributed by atoms with van der Waals surface area (Å²) < 4.78 is 26.0. The third kappa shape index (κ3) is 3.66. The normalized spacial score (nSPS) is 34.8. The highest BCUT2D eigenvalue weighted by molar-refractivity contribution is 8.14. The summed E-state index contributed by atoms with van der Waals surface area (Å²) in [6.45, 7) is 2.46. The van der Waals surface area contributed by atoms with Crippen molar-refractivity contribution in [1.82, 2.24) is 0 Å². The van der Waals surface area contributed by atoms with Crippen LogP contribution in [0.3, 0.4) is 0 Å². The lowest BCUT2D eigenvalue weighted by Gasteiger charge is -2.40. The first-order valence-electron chi connectivity index (χ1n) is 6.28. The van der Waals surface area contributed by atoms with E-state index < -0.39 is 47.1 Å². The van der Waals surface area contributed by atoms with E-state index in [4.69, 9.17) is 23.7 Å². The second-order valence-corrected chi connectivity index (χ2v) is 5.68. The number of hydrogen-bond donors (Lipinski definition) is 0. The average molecular weight is 320 g/mol. The maximum Gasteiger partial charge on any atom is 0.368 e. The van der Waals surface area contributed by atoms with Crippen LogP contribution in [0.4, 0.5) is 4.79 Å². The molecule has 118 valence electrons. The van der Waals surface area contributed by atoms with Crippen LogP contribution in [0.25, 0.3) is 0 Å². The van der Waals surface area contributed by atoms with Gasteiger partial charge in [-0.2, -0.15) is 0 Å². The van der Waals surface area contributed by atoms with Gasteiger partial charge >= 0.3 is 17.2 Å². The second kappa shape index (κ2) is 6.63. The van der Waals surface area contributed by atoms with E-state index in [1.165, 1.54) is 21.0 Å². The predicted octanol–water partition coefficient (Wildman–Crippen LogP) is 0.473. The first-order chi connectivity index (χ1) is 9.92. The van der Waals surface area contributed by atoms with E-state index in [0.29, 0.717) is 0 Å². The van der Waals surface area contributed by atoms with Gasteiger partial charge in [0.1, 0.15) is 18.8 Å². The molecule has 2 rings (SSSR count). The third-order valence-electron chi connectivity index (χ3n) is 3.04. The Morgan fingerprint density at radius 1 is 1.29 bits per heavy atom. The van der Waals surface area contributed by atoms with Gasteiger partial charge in [-0.15, -0.1) is 0 Å². The molecule has 2 saturated heterocycles. The molecule has 2 aliphatic rings. The lowest BCUT2D eigenvalue weighted by molar-refractivity contribution is -0.261. The maximum absolute atomic E-state index is 11.5. The largest absolute Gasteiger partial charge is 0.463 e. The SMILES string of the molecule is CO[C@@H]1O[C@H](COC(C)=O)[C@@H]2OC(=O)S[C@@H]2[C@H]1OC(C)=O. The van der Waals surface area contributed by atoms with Gasteiger partial charge in [0.2, 0.25) is 0 Å². The molecule has 0 N–H and O–H groups in total. The number of rotatable bonds is 4. The zero-order valence-corrected chi connectivity index (χ0v) is 12.6. The number of carbonyl (C=O) groups is 3. The average Bonchev–Trinajstić information content (AvgIpc) is 2.78. The summed E-state index contributed by atoms with van der Waals surface area (Å²) in [5.74, 6) is -0.981. The second-order valence-electron chi connectivity index (χ2n) is 4.57. The fourth-order valence-corrected chi connectivity index (χ4v) is 3.32. The molecule has 0 aromatic carbocycles. The number of fused-ring (bicyclic) bond motifs is 1. The van der Waals surface area contributed by atoms with Gasteiger partial charge in [-0.05, 0) is 11.8 Å². The standard InChI is InChI=1S/C12H16O8S/c1-5(13)17-4-7-8-10(21-12(15)20-8)9(18-6(2)14)11(16-3)19-7/h7-11H,4H2,1-3H3/t7-,8+,9-,10+,11-/m1/s1. The minimum Gasteiger partial charge on any atom is -0.463 e. The van der Waals surface area contributed by atoms with E-state index in [1.807, 2.05) is 0 Å². The molecule has 0 aromatic heterocycles. The fraction of sp³-hybridized carbons (Fsp3) is 0.750. The molecule has 0 saturated carbocycles. The van der Waals surface area contributed by atoms with Crippen LogP contribution in [0.15, 0.2) is 0 Å². The minimum atomic E-state index is -0.863. The van der Waals surface area contributed by atoms with E-state index >= 15 is 0 Å². The van der Waals surface area contributed by atoms with Crippen molar-refractivity contribution in [3.63, 3.8) is 0 Å². The summed E-state index contributed by atoms with van der Waals surface area (Å²) in [4.78, 5) is 33.6. The quantitative estimate of drug-likeness (QED) is 0.541. The summed E-state index contributed by atoms with van der Waals surface area (Å²) in [5, 5.41) is -0.962. The molecule has 0 amide bonds. The Bertz CT molecular complexity index is 439. The summed E-state index contributed by atoms with van der Waals surface area (Å²) >= 11 is 0.918. The Hall–Kier alpha value is -1.32. The minimum absolute atomic E-state index is 0.0724. The van der Waals surface area contributed by atoms with Crippen LogP contribution in [0.2, 0.25) is 0 Å². The van der Waals surface area contributed by atoms with Gasteiger partial charge in [0, 0.05) is 21.0 Å². The van der Waals surface area contributed by atoms with Gasteiger partial charge in [0.25, 0.3) is 0 Å². The van der Waals surface area contributed by atoms with Gasteiger partial charge in [0.05, 0.1) is 5.25 Å². The molecule has 0 radical (unpaired) electrons. The summed E-state index contributed by atoms with van der Waals surface area (Å²) in [6, 6.07) is 0. The van der Waals surface area contributed by atoms with Crippen molar-refractivity contribution in [3.05, 3.63) is 0 Å². The Labute approximate surface area is 125 Å². The van der Waals surface area contributed by atoms with E-state index in [1.54, 1.807) is 0 Å². The highest BCUT2D eigenvalue weighted by Crippen LogP contribution is 2.40. The van der Waals surface area contributed by atoms with E-state index in [0.717, 1.165) is 11.8 Å². The molecule has 0 unspecified atom stereocenters. The van der Waals surface area contributed by atoms with E-state index in [2.05, 4.69) is 0 Å². The molecular formula is C12H16O8S. The molecular weight excluding hydrogens is 304 g/mol. The molecule has 0 bridgehead atoms. The monoisotopic (exact) mass is 320 g/mol. The van der Waals surface area contributed by atoms with Gasteiger partial charge < -0.3 is 23.7 Å². The molecule has 0 aromatic rings. The van der Waals surface area contributed by atoms with Crippen molar-refractivity contribution in [3.8, 4) is 0 Å². The van der Waals surface area contributed by atoms with Crippen LogP contribution in [0.1, 0.15) is 13.8 Å². The predicted molar refractivity (Wildman–Crippen MR) is 69.5 cm³/mol. The molecule has 9 heteroatoms. The van der Waals surface area contributed by atoms with E-state index in [9.17, 15) is 14.4 Å². The Balaban J connectivity index is 2.16. The first-order valence-corrected chi connectivity index (χ1v) is 7.16. The summed E-state index contributed by atoms with van der Waals surface area (Å²) in [6.07, 6.45) is -2.98.